The van der Waals surface area contributed by atoms with Crippen LogP contribution in [-0.4, -0.2) is 40.6 Å². The minimum Gasteiger partial charge on any atom is -0.480 e. The van der Waals surface area contributed by atoms with Gasteiger partial charge in [0.1, 0.15) is 6.54 Å². The maximum Gasteiger partial charge on any atom is 0.323 e. The average Bonchev–Trinajstić information content (AvgIpc) is 3.27. The molecule has 5 nitrogen and oxygen atoms in total. The van der Waals surface area contributed by atoms with Gasteiger partial charge in [-0.05, 0) is 38.0 Å². The number of urea groups is 1. The molecule has 0 aromatic heterocycles. The first-order chi connectivity index (χ1) is 9.61. The highest BCUT2D eigenvalue weighted by Gasteiger charge is 2.35. The molecule has 2 aliphatic rings. The summed E-state index contributed by atoms with van der Waals surface area (Å²) in [5.74, 6) is -0.374. The molecule has 0 radical (unpaired) electrons. The van der Waals surface area contributed by atoms with Crippen molar-refractivity contribution in [3.05, 3.63) is 0 Å². The summed E-state index contributed by atoms with van der Waals surface area (Å²) < 4.78 is 0. The summed E-state index contributed by atoms with van der Waals surface area (Å²) in [6.07, 6.45) is 8.94. The summed E-state index contributed by atoms with van der Waals surface area (Å²) >= 11 is 0. The van der Waals surface area contributed by atoms with Gasteiger partial charge in [0, 0.05) is 12.1 Å². The molecule has 0 aromatic rings. The lowest BCUT2D eigenvalue weighted by Gasteiger charge is -2.32. The van der Waals surface area contributed by atoms with Crippen molar-refractivity contribution in [2.75, 3.05) is 6.54 Å². The smallest absolute Gasteiger partial charge is 0.323 e. The third-order valence-electron chi connectivity index (χ3n) is 4.52. The molecule has 0 bridgehead atoms. The minimum atomic E-state index is -0.933. The molecule has 0 saturated heterocycles. The normalized spacial score (nSPS) is 21.2. The third kappa shape index (κ3) is 4.12. The predicted octanol–water partition coefficient (Wildman–Crippen LogP) is 2.60. The summed E-state index contributed by atoms with van der Waals surface area (Å²) in [5, 5.41) is 12.0. The Morgan fingerprint density at radius 1 is 1.20 bits per heavy atom. The fraction of sp³-hybridized carbons (Fsp3) is 0.867. The number of nitrogens with one attached hydrogen (secondary N) is 1. The van der Waals surface area contributed by atoms with Crippen LogP contribution in [0.4, 0.5) is 4.79 Å². The minimum absolute atomic E-state index is 0.134. The molecule has 2 saturated carbocycles. The molecule has 0 heterocycles. The molecule has 5 heteroatoms. The number of amides is 2. The van der Waals surface area contributed by atoms with E-state index >= 15 is 0 Å². The second-order valence-electron chi connectivity index (χ2n) is 6.12. The zero-order valence-electron chi connectivity index (χ0n) is 12.3. The monoisotopic (exact) mass is 282 g/mol. The summed E-state index contributed by atoms with van der Waals surface area (Å²) in [7, 11) is 0. The first-order valence-corrected chi connectivity index (χ1v) is 7.90. The van der Waals surface area contributed by atoms with E-state index in [0.717, 1.165) is 19.3 Å². The van der Waals surface area contributed by atoms with Gasteiger partial charge in [-0.25, -0.2) is 4.79 Å². The van der Waals surface area contributed by atoms with E-state index in [0.29, 0.717) is 5.92 Å². The SMILES string of the molecule is CCC(NC(=O)N(CC(=O)O)C1CC1)C1CCCCC1. The van der Waals surface area contributed by atoms with Gasteiger partial charge in [-0.2, -0.15) is 0 Å². The lowest BCUT2D eigenvalue weighted by atomic mass is 9.83. The molecule has 2 rings (SSSR count). The molecule has 2 N–H and O–H groups in total. The molecule has 0 aliphatic heterocycles. The van der Waals surface area contributed by atoms with E-state index in [1.165, 1.54) is 37.0 Å². The van der Waals surface area contributed by atoms with Gasteiger partial charge in [0.15, 0.2) is 0 Å². The Morgan fingerprint density at radius 3 is 2.35 bits per heavy atom. The number of hydrogen-bond acceptors (Lipinski definition) is 2. The fourth-order valence-electron chi connectivity index (χ4n) is 3.23. The van der Waals surface area contributed by atoms with Crippen LogP contribution in [0.2, 0.25) is 0 Å². The summed E-state index contributed by atoms with van der Waals surface area (Å²) in [6.45, 7) is 1.91. The van der Waals surface area contributed by atoms with Crippen LogP contribution >= 0.6 is 0 Å². The molecular weight excluding hydrogens is 256 g/mol. The van der Waals surface area contributed by atoms with Crippen molar-refractivity contribution in [2.45, 2.75) is 70.4 Å². The molecule has 0 aromatic carbocycles. The topological polar surface area (TPSA) is 69.6 Å². The van der Waals surface area contributed by atoms with E-state index in [9.17, 15) is 9.59 Å². The van der Waals surface area contributed by atoms with Gasteiger partial charge < -0.3 is 15.3 Å². The van der Waals surface area contributed by atoms with E-state index in [1.54, 1.807) is 0 Å². The highest BCUT2D eigenvalue weighted by molar-refractivity contribution is 5.80. The average molecular weight is 282 g/mol. The molecule has 1 atom stereocenters. The van der Waals surface area contributed by atoms with Crippen LogP contribution in [0.15, 0.2) is 0 Å². The standard InChI is InChI=1S/C15H26N2O3/c1-2-13(11-6-4-3-5-7-11)16-15(20)17(10-14(18)19)12-8-9-12/h11-13H,2-10H2,1H3,(H,16,20)(H,18,19). The first kappa shape index (κ1) is 15.1. The summed E-state index contributed by atoms with van der Waals surface area (Å²) in [6, 6.07) is 0.139. The van der Waals surface area contributed by atoms with Gasteiger partial charge in [0.2, 0.25) is 0 Å². The number of hydrogen-bond donors (Lipinski definition) is 2. The highest BCUT2D eigenvalue weighted by Crippen LogP contribution is 2.29. The van der Waals surface area contributed by atoms with E-state index in [4.69, 9.17) is 5.11 Å². The van der Waals surface area contributed by atoms with E-state index < -0.39 is 5.97 Å². The van der Waals surface area contributed by atoms with Gasteiger partial charge in [0.25, 0.3) is 0 Å². The van der Waals surface area contributed by atoms with Crippen LogP contribution in [0, 0.1) is 5.92 Å². The molecule has 2 fully saturated rings. The molecule has 2 amide bonds. The number of rotatable bonds is 6. The zero-order valence-corrected chi connectivity index (χ0v) is 12.3. The van der Waals surface area contributed by atoms with Gasteiger partial charge in [-0.3, -0.25) is 4.79 Å². The van der Waals surface area contributed by atoms with Gasteiger partial charge >= 0.3 is 12.0 Å². The van der Waals surface area contributed by atoms with Gasteiger partial charge in [0.05, 0.1) is 0 Å². The van der Waals surface area contributed by atoms with Gasteiger partial charge in [-0.15, -0.1) is 0 Å². The Labute approximate surface area is 120 Å². The van der Waals surface area contributed by atoms with Crippen LogP contribution < -0.4 is 5.32 Å². The van der Waals surface area contributed by atoms with E-state index in [-0.39, 0.29) is 24.7 Å². The lowest BCUT2D eigenvalue weighted by Crippen LogP contribution is -2.49. The largest absolute Gasteiger partial charge is 0.480 e. The summed E-state index contributed by atoms with van der Waals surface area (Å²) in [4.78, 5) is 24.7. The predicted molar refractivity (Wildman–Crippen MR) is 76.5 cm³/mol. The van der Waals surface area contributed by atoms with Crippen molar-refractivity contribution in [1.29, 1.82) is 0 Å². The number of carbonyl (C=O) groups excluding carboxylic acids is 1. The van der Waals surface area contributed by atoms with Crippen LogP contribution in [0.3, 0.4) is 0 Å². The Hall–Kier alpha value is -1.26. The lowest BCUT2D eigenvalue weighted by molar-refractivity contribution is -0.137. The van der Waals surface area contributed by atoms with Crippen molar-refractivity contribution in [1.82, 2.24) is 10.2 Å². The highest BCUT2D eigenvalue weighted by atomic mass is 16.4. The van der Waals surface area contributed by atoms with Crippen LogP contribution in [-0.2, 0) is 4.79 Å². The summed E-state index contributed by atoms with van der Waals surface area (Å²) in [5.41, 5.74) is 0. The maximum atomic E-state index is 12.3. The Morgan fingerprint density at radius 2 is 1.85 bits per heavy atom. The Kier molecular flexibility index (Phi) is 5.26. The van der Waals surface area contributed by atoms with Crippen molar-refractivity contribution < 1.29 is 14.7 Å². The fourth-order valence-corrected chi connectivity index (χ4v) is 3.23. The molecule has 20 heavy (non-hydrogen) atoms. The van der Waals surface area contributed by atoms with Crippen molar-refractivity contribution in [3.8, 4) is 0 Å². The number of carbonyl (C=O) groups is 2. The quantitative estimate of drug-likeness (QED) is 0.786. The first-order valence-electron chi connectivity index (χ1n) is 7.90. The second-order valence-corrected chi connectivity index (χ2v) is 6.12. The molecule has 114 valence electrons. The van der Waals surface area contributed by atoms with Crippen molar-refractivity contribution in [2.24, 2.45) is 5.92 Å². The third-order valence-corrected chi connectivity index (χ3v) is 4.52. The number of carboxylic acids is 1. The van der Waals surface area contributed by atoms with Crippen LogP contribution in [0.25, 0.3) is 0 Å². The molecular formula is C15H26N2O3. The van der Waals surface area contributed by atoms with Crippen molar-refractivity contribution >= 4 is 12.0 Å². The zero-order chi connectivity index (χ0) is 14.5. The van der Waals surface area contributed by atoms with Crippen LogP contribution in [0.5, 0.6) is 0 Å². The number of nitrogens with zero attached hydrogens (tertiary/aromatic N) is 1. The Bertz CT molecular complexity index is 349. The molecule has 0 spiro atoms. The van der Waals surface area contributed by atoms with Crippen molar-refractivity contribution in [3.63, 3.8) is 0 Å². The number of aliphatic carboxylic acids is 1. The van der Waals surface area contributed by atoms with Gasteiger partial charge in [-0.1, -0.05) is 26.2 Å². The Balaban J connectivity index is 1.90. The van der Waals surface area contributed by atoms with E-state index in [2.05, 4.69) is 12.2 Å². The second kappa shape index (κ2) is 6.95. The van der Waals surface area contributed by atoms with E-state index in [1.807, 2.05) is 0 Å². The number of carboxylic acid groups (broad SMARTS) is 1. The van der Waals surface area contributed by atoms with Crippen LogP contribution in [0.1, 0.15) is 58.3 Å². The maximum absolute atomic E-state index is 12.3. The molecule has 2 aliphatic carbocycles. The molecule has 1 unspecified atom stereocenters.